The first-order chi connectivity index (χ1) is 9.06. The first-order valence-electron chi connectivity index (χ1n) is 5.70. The highest BCUT2D eigenvalue weighted by molar-refractivity contribution is 6.35. The largest absolute Gasteiger partial charge is 0.464 e. The number of H-pyrrole nitrogens is 1. The molecular formula is C12H13ClN2O4. The number of aromatic nitrogens is 2. The number of aliphatic hydroxyl groups excluding tert-OH is 2. The van der Waals surface area contributed by atoms with Gasteiger partial charge in [-0.25, -0.2) is 9.78 Å². The van der Waals surface area contributed by atoms with E-state index in [2.05, 4.69) is 14.7 Å². The summed E-state index contributed by atoms with van der Waals surface area (Å²) in [5.74, 6) is -0.885. The van der Waals surface area contributed by atoms with Crippen LogP contribution < -0.4 is 0 Å². The zero-order valence-corrected chi connectivity index (χ0v) is 10.9. The predicted molar refractivity (Wildman–Crippen MR) is 68.7 cm³/mol. The van der Waals surface area contributed by atoms with Crippen LogP contribution in [0.2, 0.25) is 5.02 Å². The van der Waals surface area contributed by atoms with Gasteiger partial charge in [-0.3, -0.25) is 0 Å². The highest BCUT2D eigenvalue weighted by Crippen LogP contribution is 2.30. The average molecular weight is 285 g/mol. The number of fused-ring (bicyclic) bond motifs is 1. The van der Waals surface area contributed by atoms with Crippen molar-refractivity contribution in [2.24, 2.45) is 0 Å². The zero-order chi connectivity index (χ0) is 14.0. The van der Waals surface area contributed by atoms with Crippen molar-refractivity contribution >= 4 is 28.6 Å². The zero-order valence-electron chi connectivity index (χ0n) is 10.1. The molecule has 7 heteroatoms. The molecule has 0 aliphatic rings. The monoisotopic (exact) mass is 284 g/mol. The van der Waals surface area contributed by atoms with E-state index in [0.717, 1.165) is 0 Å². The van der Waals surface area contributed by atoms with Crippen molar-refractivity contribution in [2.45, 2.75) is 19.1 Å². The van der Waals surface area contributed by atoms with Crippen LogP contribution in [0.1, 0.15) is 18.6 Å². The number of esters is 1. The molecule has 2 rings (SSSR count). The van der Waals surface area contributed by atoms with Gasteiger partial charge in [0, 0.05) is 23.3 Å². The van der Waals surface area contributed by atoms with Gasteiger partial charge in [0.15, 0.2) is 6.10 Å². The van der Waals surface area contributed by atoms with Gasteiger partial charge in [0.05, 0.1) is 11.6 Å². The van der Waals surface area contributed by atoms with Gasteiger partial charge < -0.3 is 19.9 Å². The third-order valence-corrected chi connectivity index (χ3v) is 3.01. The topological polar surface area (TPSA) is 95.4 Å². The number of nitrogens with one attached hydrogen (secondary N) is 1. The summed E-state index contributed by atoms with van der Waals surface area (Å²) in [5, 5.41) is 20.6. The van der Waals surface area contributed by atoms with Gasteiger partial charge >= 0.3 is 5.97 Å². The lowest BCUT2D eigenvalue weighted by atomic mass is 10.0. The van der Waals surface area contributed by atoms with Crippen molar-refractivity contribution in [1.82, 2.24) is 9.97 Å². The summed E-state index contributed by atoms with van der Waals surface area (Å²) in [7, 11) is 0. The minimum Gasteiger partial charge on any atom is -0.464 e. The maximum absolute atomic E-state index is 11.4. The number of nitrogens with zero attached hydrogens (tertiary/aromatic N) is 1. The van der Waals surface area contributed by atoms with E-state index >= 15 is 0 Å². The molecule has 0 aliphatic heterocycles. The highest BCUT2D eigenvalue weighted by Gasteiger charge is 2.29. The molecule has 0 spiro atoms. The maximum atomic E-state index is 11.4. The number of pyridine rings is 1. The normalized spacial score (nSPS) is 14.3. The molecule has 0 radical (unpaired) electrons. The molecule has 0 aromatic carbocycles. The van der Waals surface area contributed by atoms with Crippen molar-refractivity contribution in [1.29, 1.82) is 0 Å². The number of hydrogen-bond donors (Lipinski definition) is 3. The van der Waals surface area contributed by atoms with Crippen molar-refractivity contribution in [3.8, 4) is 0 Å². The van der Waals surface area contributed by atoms with E-state index in [1.165, 1.54) is 12.4 Å². The number of halogens is 1. The molecule has 2 heterocycles. The van der Waals surface area contributed by atoms with Crippen LogP contribution in [0.25, 0.3) is 11.0 Å². The second kappa shape index (κ2) is 5.56. The lowest BCUT2D eigenvalue weighted by Crippen LogP contribution is -2.29. The first-order valence-corrected chi connectivity index (χ1v) is 6.08. The Morgan fingerprint density at radius 2 is 2.32 bits per heavy atom. The minimum atomic E-state index is -1.67. The molecule has 2 unspecified atom stereocenters. The van der Waals surface area contributed by atoms with E-state index in [1.54, 1.807) is 13.0 Å². The quantitative estimate of drug-likeness (QED) is 0.733. The molecule has 0 fully saturated rings. The summed E-state index contributed by atoms with van der Waals surface area (Å²) in [6.07, 6.45) is -0.139. The van der Waals surface area contributed by atoms with Crippen molar-refractivity contribution in [3.05, 3.63) is 29.0 Å². The summed E-state index contributed by atoms with van der Waals surface area (Å²) < 4.78 is 4.66. The van der Waals surface area contributed by atoms with Crippen molar-refractivity contribution in [3.63, 3.8) is 0 Å². The molecule has 3 N–H and O–H groups in total. The Labute approximate surface area is 114 Å². The molecule has 2 aromatic heterocycles. The summed E-state index contributed by atoms with van der Waals surface area (Å²) in [6.45, 7) is 1.74. The predicted octanol–water partition coefficient (Wildman–Crippen LogP) is 1.17. The Morgan fingerprint density at radius 3 is 3.00 bits per heavy atom. The Bertz CT molecular complexity index is 598. The van der Waals surface area contributed by atoms with Crippen LogP contribution in [-0.4, -0.2) is 38.9 Å². The Morgan fingerprint density at radius 1 is 1.58 bits per heavy atom. The minimum absolute atomic E-state index is 0.124. The van der Waals surface area contributed by atoms with Crippen LogP contribution in [0.5, 0.6) is 0 Å². The van der Waals surface area contributed by atoms with Crippen molar-refractivity contribution in [2.75, 3.05) is 6.61 Å². The fourth-order valence-electron chi connectivity index (χ4n) is 1.80. The number of aliphatic hydroxyl groups is 2. The second-order valence-corrected chi connectivity index (χ2v) is 4.31. The van der Waals surface area contributed by atoms with Crippen LogP contribution in [0.15, 0.2) is 18.5 Å². The third kappa shape index (κ3) is 2.56. The molecule has 0 bridgehead atoms. The smallest absolute Gasteiger partial charge is 0.338 e. The van der Waals surface area contributed by atoms with E-state index in [9.17, 15) is 15.0 Å². The van der Waals surface area contributed by atoms with Crippen LogP contribution in [-0.2, 0) is 9.53 Å². The average Bonchev–Trinajstić information content (AvgIpc) is 2.82. The highest BCUT2D eigenvalue weighted by atomic mass is 35.5. The molecule has 102 valence electrons. The molecule has 0 aliphatic carbocycles. The Hall–Kier alpha value is -1.63. The SMILES string of the molecule is CCOC(=O)C(O)C(O)c1c[nH]c2nccc(Cl)c12. The lowest BCUT2D eigenvalue weighted by molar-refractivity contribution is -0.159. The van der Waals surface area contributed by atoms with Gasteiger partial charge in [0.1, 0.15) is 11.8 Å². The van der Waals surface area contributed by atoms with E-state index in [-0.39, 0.29) is 6.61 Å². The number of carbonyl (C=O) groups excluding carboxylic acids is 1. The fourth-order valence-corrected chi connectivity index (χ4v) is 2.06. The first kappa shape index (κ1) is 13.8. The van der Waals surface area contributed by atoms with E-state index in [0.29, 0.717) is 21.6 Å². The number of ether oxygens (including phenoxy) is 1. The maximum Gasteiger partial charge on any atom is 0.338 e. The number of carbonyl (C=O) groups is 1. The summed E-state index contributed by atoms with van der Waals surface area (Å²) in [6, 6.07) is 1.56. The molecule has 2 atom stereocenters. The standard InChI is InChI=1S/C12H13ClN2O4/c1-2-19-12(18)10(17)9(16)6-5-15-11-8(6)7(13)3-4-14-11/h3-5,9-10,16-17H,2H2,1H3,(H,14,15). The van der Waals surface area contributed by atoms with E-state index in [4.69, 9.17) is 11.6 Å². The molecule has 19 heavy (non-hydrogen) atoms. The van der Waals surface area contributed by atoms with E-state index < -0.39 is 18.2 Å². The molecule has 0 saturated heterocycles. The summed E-state index contributed by atoms with van der Waals surface area (Å²) in [5.41, 5.74) is 0.770. The number of hydrogen-bond acceptors (Lipinski definition) is 5. The van der Waals surface area contributed by atoms with Gasteiger partial charge in [0.25, 0.3) is 0 Å². The molecule has 2 aromatic rings. The fraction of sp³-hybridized carbons (Fsp3) is 0.333. The van der Waals surface area contributed by atoms with Crippen LogP contribution in [0.4, 0.5) is 0 Å². The van der Waals surface area contributed by atoms with Crippen LogP contribution in [0, 0.1) is 0 Å². The van der Waals surface area contributed by atoms with Gasteiger partial charge in [0.2, 0.25) is 0 Å². The van der Waals surface area contributed by atoms with Gasteiger partial charge in [-0.1, -0.05) is 11.6 Å². The summed E-state index contributed by atoms with van der Waals surface area (Å²) in [4.78, 5) is 18.3. The molecule has 0 amide bonds. The lowest BCUT2D eigenvalue weighted by Gasteiger charge is -2.16. The van der Waals surface area contributed by atoms with Crippen LogP contribution >= 0.6 is 11.6 Å². The number of rotatable bonds is 4. The summed E-state index contributed by atoms with van der Waals surface area (Å²) >= 11 is 6.02. The second-order valence-electron chi connectivity index (χ2n) is 3.90. The number of aromatic amines is 1. The van der Waals surface area contributed by atoms with Gasteiger partial charge in [-0.15, -0.1) is 0 Å². The van der Waals surface area contributed by atoms with Gasteiger partial charge in [-0.2, -0.15) is 0 Å². The van der Waals surface area contributed by atoms with E-state index in [1.807, 2.05) is 0 Å². The Balaban J connectivity index is 2.36. The van der Waals surface area contributed by atoms with Crippen molar-refractivity contribution < 1.29 is 19.7 Å². The molecule has 6 nitrogen and oxygen atoms in total. The Kier molecular flexibility index (Phi) is 4.04. The molecular weight excluding hydrogens is 272 g/mol. The van der Waals surface area contributed by atoms with Gasteiger partial charge in [-0.05, 0) is 13.0 Å². The van der Waals surface area contributed by atoms with Crippen LogP contribution in [0.3, 0.4) is 0 Å². The molecule has 0 saturated carbocycles. The third-order valence-electron chi connectivity index (χ3n) is 2.70.